The van der Waals surface area contributed by atoms with Crippen LogP contribution in [0.3, 0.4) is 0 Å². The highest BCUT2D eigenvalue weighted by atomic mass is 35.5. The van der Waals surface area contributed by atoms with Crippen molar-refractivity contribution in [3.05, 3.63) is 70.9 Å². The molecule has 25 heavy (non-hydrogen) atoms. The summed E-state index contributed by atoms with van der Waals surface area (Å²) in [5, 5.41) is 3.59. The number of anilines is 1. The molecule has 0 aromatic heterocycles. The van der Waals surface area contributed by atoms with E-state index in [0.29, 0.717) is 13.1 Å². The van der Waals surface area contributed by atoms with Crippen molar-refractivity contribution in [1.82, 2.24) is 10.2 Å². The number of hydrogen-bond acceptors (Lipinski definition) is 2. The van der Waals surface area contributed by atoms with Crippen LogP contribution in [0, 0.1) is 6.92 Å². The summed E-state index contributed by atoms with van der Waals surface area (Å²) in [5.74, 6) is 0. The molecule has 1 N–H and O–H groups in total. The van der Waals surface area contributed by atoms with Crippen molar-refractivity contribution in [1.29, 1.82) is 0 Å². The molecule has 0 radical (unpaired) electrons. The molecule has 1 fully saturated rings. The summed E-state index contributed by atoms with van der Waals surface area (Å²) in [6.07, 6.45) is 3.62. The van der Waals surface area contributed by atoms with Gasteiger partial charge >= 0.3 is 6.03 Å². The Morgan fingerprint density at radius 3 is 2.56 bits per heavy atom. The van der Waals surface area contributed by atoms with E-state index in [0.717, 1.165) is 29.4 Å². The van der Waals surface area contributed by atoms with Crippen molar-refractivity contribution in [2.45, 2.75) is 6.92 Å². The lowest BCUT2D eigenvalue weighted by molar-refractivity contribution is 0.198. The number of carbonyl (C=O) groups is 1. The van der Waals surface area contributed by atoms with Crippen molar-refractivity contribution >= 4 is 29.4 Å². The minimum atomic E-state index is -0.0605. The second kappa shape index (κ2) is 8.08. The van der Waals surface area contributed by atoms with Gasteiger partial charge in [0.25, 0.3) is 0 Å². The third-order valence-corrected chi connectivity index (χ3v) is 4.50. The Bertz CT molecular complexity index is 767. The van der Waals surface area contributed by atoms with Crippen LogP contribution < -0.4 is 10.2 Å². The van der Waals surface area contributed by atoms with Gasteiger partial charge in [-0.25, -0.2) is 4.79 Å². The van der Waals surface area contributed by atoms with E-state index in [4.69, 9.17) is 11.6 Å². The summed E-state index contributed by atoms with van der Waals surface area (Å²) in [6, 6.07) is 15.9. The van der Waals surface area contributed by atoms with Gasteiger partial charge < -0.3 is 15.1 Å². The second-order valence-corrected chi connectivity index (χ2v) is 6.59. The Kier molecular flexibility index (Phi) is 5.61. The number of halogens is 1. The van der Waals surface area contributed by atoms with Gasteiger partial charge in [0.2, 0.25) is 0 Å². The van der Waals surface area contributed by atoms with Crippen molar-refractivity contribution in [3.8, 4) is 0 Å². The van der Waals surface area contributed by atoms with Crippen LogP contribution in [0.25, 0.3) is 6.08 Å². The lowest BCUT2D eigenvalue weighted by Gasteiger charge is -2.35. The molecule has 130 valence electrons. The number of rotatable bonds is 3. The fraction of sp³-hybridized carbons (Fsp3) is 0.250. The van der Waals surface area contributed by atoms with Gasteiger partial charge in [0.05, 0.1) is 0 Å². The monoisotopic (exact) mass is 355 g/mol. The molecule has 2 aromatic rings. The predicted molar refractivity (Wildman–Crippen MR) is 104 cm³/mol. The van der Waals surface area contributed by atoms with E-state index in [2.05, 4.69) is 29.3 Å². The van der Waals surface area contributed by atoms with Crippen molar-refractivity contribution in [2.24, 2.45) is 0 Å². The van der Waals surface area contributed by atoms with Crippen LogP contribution in [0.5, 0.6) is 0 Å². The van der Waals surface area contributed by atoms with Crippen LogP contribution in [-0.4, -0.2) is 37.1 Å². The molecular formula is C20H22ClN3O. The number of aryl methyl sites for hydroxylation is 1. The molecule has 1 saturated heterocycles. The van der Waals surface area contributed by atoms with E-state index in [1.54, 1.807) is 6.20 Å². The van der Waals surface area contributed by atoms with Gasteiger partial charge in [-0.3, -0.25) is 0 Å². The molecule has 1 heterocycles. The van der Waals surface area contributed by atoms with Crippen molar-refractivity contribution in [2.75, 3.05) is 31.1 Å². The normalized spacial score (nSPS) is 14.8. The first-order valence-corrected chi connectivity index (χ1v) is 8.79. The fourth-order valence-electron chi connectivity index (χ4n) is 2.91. The molecular weight excluding hydrogens is 334 g/mol. The van der Waals surface area contributed by atoms with Gasteiger partial charge in [-0.1, -0.05) is 47.5 Å². The molecule has 0 unspecified atom stereocenters. The number of amides is 2. The maximum Gasteiger partial charge on any atom is 0.321 e. The number of hydrogen-bond donors (Lipinski definition) is 1. The molecule has 5 heteroatoms. The van der Waals surface area contributed by atoms with Gasteiger partial charge in [0.15, 0.2) is 0 Å². The largest absolute Gasteiger partial charge is 0.368 e. The lowest BCUT2D eigenvalue weighted by Crippen LogP contribution is -2.51. The molecule has 0 spiro atoms. The highest BCUT2D eigenvalue weighted by molar-refractivity contribution is 6.30. The van der Waals surface area contributed by atoms with Gasteiger partial charge in [0, 0.05) is 43.1 Å². The Balaban J connectivity index is 1.50. The van der Waals surface area contributed by atoms with E-state index in [1.807, 2.05) is 47.4 Å². The van der Waals surface area contributed by atoms with Crippen molar-refractivity contribution in [3.63, 3.8) is 0 Å². The molecule has 0 atom stereocenters. The van der Waals surface area contributed by atoms with Gasteiger partial charge in [-0.2, -0.15) is 0 Å². The maximum absolute atomic E-state index is 12.3. The van der Waals surface area contributed by atoms with E-state index in [9.17, 15) is 4.79 Å². The highest BCUT2D eigenvalue weighted by Crippen LogP contribution is 2.20. The van der Waals surface area contributed by atoms with Gasteiger partial charge in [-0.15, -0.1) is 0 Å². The van der Waals surface area contributed by atoms with E-state index in [1.165, 1.54) is 5.56 Å². The topological polar surface area (TPSA) is 35.6 Å². The zero-order valence-electron chi connectivity index (χ0n) is 14.3. The first-order valence-electron chi connectivity index (χ1n) is 8.41. The third kappa shape index (κ3) is 4.77. The third-order valence-electron chi connectivity index (χ3n) is 4.26. The molecule has 2 aromatic carbocycles. The minimum absolute atomic E-state index is 0.0605. The van der Waals surface area contributed by atoms with Crippen LogP contribution in [0.15, 0.2) is 54.7 Å². The average molecular weight is 356 g/mol. The van der Waals surface area contributed by atoms with Crippen LogP contribution in [-0.2, 0) is 0 Å². The number of carbonyl (C=O) groups excluding carboxylic acids is 1. The summed E-state index contributed by atoms with van der Waals surface area (Å²) in [4.78, 5) is 16.4. The van der Waals surface area contributed by atoms with Crippen LogP contribution in [0.1, 0.15) is 11.1 Å². The number of nitrogens with one attached hydrogen (secondary N) is 1. The fourth-order valence-corrected chi connectivity index (χ4v) is 3.10. The lowest BCUT2D eigenvalue weighted by atomic mass is 10.1. The zero-order valence-corrected chi connectivity index (χ0v) is 15.0. The molecule has 3 rings (SSSR count). The second-order valence-electron chi connectivity index (χ2n) is 6.15. The minimum Gasteiger partial charge on any atom is -0.368 e. The molecule has 4 nitrogen and oxygen atoms in total. The number of urea groups is 1. The predicted octanol–water partition coefficient (Wildman–Crippen LogP) is 4.15. The Labute approximate surface area is 153 Å². The average Bonchev–Trinajstić information content (AvgIpc) is 2.62. The molecule has 2 amide bonds. The summed E-state index contributed by atoms with van der Waals surface area (Å²) in [6.45, 7) is 5.04. The zero-order chi connectivity index (χ0) is 17.6. The van der Waals surface area contributed by atoms with E-state index >= 15 is 0 Å². The molecule has 0 saturated carbocycles. The molecule has 1 aliphatic rings. The van der Waals surface area contributed by atoms with Crippen LogP contribution in [0.2, 0.25) is 5.02 Å². The van der Waals surface area contributed by atoms with E-state index < -0.39 is 0 Å². The van der Waals surface area contributed by atoms with Gasteiger partial charge in [-0.05, 0) is 36.8 Å². The Morgan fingerprint density at radius 1 is 1.08 bits per heavy atom. The summed E-state index contributed by atoms with van der Waals surface area (Å²) >= 11 is 6.05. The summed E-state index contributed by atoms with van der Waals surface area (Å²) in [7, 11) is 0. The smallest absolute Gasteiger partial charge is 0.321 e. The molecule has 0 aliphatic carbocycles. The van der Waals surface area contributed by atoms with Crippen LogP contribution in [0.4, 0.5) is 10.5 Å². The van der Waals surface area contributed by atoms with Crippen molar-refractivity contribution < 1.29 is 4.79 Å². The molecule has 0 bridgehead atoms. The number of benzene rings is 2. The Morgan fingerprint density at radius 2 is 1.84 bits per heavy atom. The number of nitrogens with zero attached hydrogens (tertiary/aromatic N) is 2. The van der Waals surface area contributed by atoms with E-state index in [-0.39, 0.29) is 6.03 Å². The number of piperazine rings is 1. The first-order chi connectivity index (χ1) is 12.1. The quantitative estimate of drug-likeness (QED) is 0.897. The maximum atomic E-state index is 12.3. The Hall–Kier alpha value is -2.46. The highest BCUT2D eigenvalue weighted by Gasteiger charge is 2.20. The SMILES string of the molecule is Cc1cccc(/C=C/NC(=O)N2CCN(c3cccc(Cl)c3)CC2)c1. The standard InChI is InChI=1S/C20H22ClN3O/c1-16-4-2-5-17(14-16)8-9-22-20(25)24-12-10-23(11-13-24)19-7-3-6-18(21)15-19/h2-9,14-15H,10-13H2,1H3,(H,22,25)/b9-8+. The van der Waals surface area contributed by atoms with Crippen LogP contribution >= 0.6 is 11.6 Å². The van der Waals surface area contributed by atoms with Gasteiger partial charge in [0.1, 0.15) is 0 Å². The molecule has 1 aliphatic heterocycles. The summed E-state index contributed by atoms with van der Waals surface area (Å²) in [5.41, 5.74) is 3.38. The first kappa shape index (κ1) is 17.4. The summed E-state index contributed by atoms with van der Waals surface area (Å²) < 4.78 is 0.